The molecule has 3 N–H and O–H groups in total. The molecule has 0 bridgehead atoms. The molecule has 2 unspecified atom stereocenters. The lowest BCUT2D eigenvalue weighted by molar-refractivity contribution is 0.0866. The van der Waals surface area contributed by atoms with E-state index in [-0.39, 0.29) is 6.04 Å². The maximum atomic E-state index is 11.0. The van der Waals surface area contributed by atoms with Crippen LogP contribution in [0, 0.1) is 5.92 Å². The molecule has 0 aromatic rings. The van der Waals surface area contributed by atoms with Gasteiger partial charge in [0, 0.05) is 12.6 Å². The first-order valence-corrected chi connectivity index (χ1v) is 5.88. The number of amides is 1. The molecule has 4 heteroatoms. The fourth-order valence-corrected chi connectivity index (χ4v) is 2.31. The highest BCUT2D eigenvalue weighted by Gasteiger charge is 2.30. The van der Waals surface area contributed by atoms with Crippen molar-refractivity contribution in [3.8, 4) is 0 Å². The number of piperidine rings is 1. The number of likely N-dealkylation sites (tertiary alicyclic amines) is 1. The third-order valence-corrected chi connectivity index (χ3v) is 3.29. The molecule has 1 fully saturated rings. The minimum Gasteiger partial charge on any atom is -0.465 e. The van der Waals surface area contributed by atoms with Gasteiger partial charge in [0.25, 0.3) is 0 Å². The lowest BCUT2D eigenvalue weighted by atomic mass is 9.88. The fraction of sp³-hybridized carbons (Fsp3) is 0.909. The molecule has 88 valence electrons. The molecule has 15 heavy (non-hydrogen) atoms. The molecule has 1 heterocycles. The summed E-state index contributed by atoms with van der Waals surface area (Å²) in [6.07, 6.45) is 4.31. The Labute approximate surface area is 91.4 Å². The van der Waals surface area contributed by atoms with Crippen LogP contribution in [0.4, 0.5) is 4.79 Å². The Bertz CT molecular complexity index is 209. The highest BCUT2D eigenvalue weighted by molar-refractivity contribution is 5.65. The van der Waals surface area contributed by atoms with Crippen LogP contribution >= 0.6 is 0 Å². The van der Waals surface area contributed by atoms with Crippen LogP contribution < -0.4 is 5.73 Å². The summed E-state index contributed by atoms with van der Waals surface area (Å²) in [5.74, 6) is 0.516. The predicted molar refractivity (Wildman–Crippen MR) is 59.8 cm³/mol. The molecular weight excluding hydrogens is 192 g/mol. The fourth-order valence-electron chi connectivity index (χ4n) is 2.31. The van der Waals surface area contributed by atoms with E-state index in [0.717, 1.165) is 32.1 Å². The lowest BCUT2D eigenvalue weighted by Gasteiger charge is -2.37. The number of unbranched alkanes of at least 4 members (excludes halogenated alkanes) is 1. The van der Waals surface area contributed by atoms with Gasteiger partial charge in [0.15, 0.2) is 0 Å². The summed E-state index contributed by atoms with van der Waals surface area (Å²) in [6, 6.07) is 0.199. The third kappa shape index (κ3) is 3.38. The Hall–Kier alpha value is -0.770. The summed E-state index contributed by atoms with van der Waals surface area (Å²) < 4.78 is 0. The highest BCUT2D eigenvalue weighted by Crippen LogP contribution is 2.25. The largest absolute Gasteiger partial charge is 0.465 e. The van der Waals surface area contributed by atoms with Gasteiger partial charge >= 0.3 is 6.09 Å². The smallest absolute Gasteiger partial charge is 0.407 e. The van der Waals surface area contributed by atoms with Crippen molar-refractivity contribution in [1.82, 2.24) is 4.90 Å². The standard InChI is InChI=1S/C11H22N2O2/c1-2-3-4-10-7-9(8-12)5-6-13(10)11(14)15/h9-10H,2-8,12H2,1H3,(H,14,15). The van der Waals surface area contributed by atoms with Crippen molar-refractivity contribution in [3.63, 3.8) is 0 Å². The van der Waals surface area contributed by atoms with Gasteiger partial charge in [-0.3, -0.25) is 0 Å². The monoisotopic (exact) mass is 214 g/mol. The number of nitrogens with two attached hydrogens (primary N) is 1. The SMILES string of the molecule is CCCCC1CC(CN)CCN1C(=O)O. The van der Waals surface area contributed by atoms with Crippen LogP contribution in [0.1, 0.15) is 39.0 Å². The quantitative estimate of drug-likeness (QED) is 0.751. The zero-order valence-electron chi connectivity index (χ0n) is 9.48. The van der Waals surface area contributed by atoms with Gasteiger partial charge in [0.2, 0.25) is 0 Å². The van der Waals surface area contributed by atoms with E-state index >= 15 is 0 Å². The van der Waals surface area contributed by atoms with Gasteiger partial charge in [0.1, 0.15) is 0 Å². The number of carboxylic acid groups (broad SMARTS) is 1. The second-order valence-electron chi connectivity index (χ2n) is 4.40. The van der Waals surface area contributed by atoms with Crippen LogP contribution in [0.15, 0.2) is 0 Å². The van der Waals surface area contributed by atoms with Crippen molar-refractivity contribution in [2.24, 2.45) is 11.7 Å². The number of nitrogens with zero attached hydrogens (tertiary/aromatic N) is 1. The Morgan fingerprint density at radius 2 is 2.33 bits per heavy atom. The van der Waals surface area contributed by atoms with Crippen LogP contribution in [-0.4, -0.2) is 35.2 Å². The first kappa shape index (κ1) is 12.3. The molecule has 1 aliphatic heterocycles. The van der Waals surface area contributed by atoms with E-state index in [0.29, 0.717) is 19.0 Å². The van der Waals surface area contributed by atoms with E-state index in [4.69, 9.17) is 10.8 Å². The number of hydrogen-bond acceptors (Lipinski definition) is 2. The molecule has 4 nitrogen and oxygen atoms in total. The summed E-state index contributed by atoms with van der Waals surface area (Å²) in [5.41, 5.74) is 5.65. The van der Waals surface area contributed by atoms with Gasteiger partial charge in [-0.2, -0.15) is 0 Å². The molecule has 0 aromatic heterocycles. The Morgan fingerprint density at radius 3 is 2.87 bits per heavy atom. The van der Waals surface area contributed by atoms with Crippen molar-refractivity contribution in [3.05, 3.63) is 0 Å². The van der Waals surface area contributed by atoms with Gasteiger partial charge in [-0.15, -0.1) is 0 Å². The van der Waals surface area contributed by atoms with Gasteiger partial charge < -0.3 is 15.7 Å². The average molecular weight is 214 g/mol. The van der Waals surface area contributed by atoms with Crippen LogP contribution in [0.3, 0.4) is 0 Å². The van der Waals surface area contributed by atoms with Crippen molar-refractivity contribution < 1.29 is 9.90 Å². The maximum absolute atomic E-state index is 11.0. The van der Waals surface area contributed by atoms with Crippen LogP contribution in [-0.2, 0) is 0 Å². The van der Waals surface area contributed by atoms with Crippen molar-refractivity contribution in [1.29, 1.82) is 0 Å². The van der Waals surface area contributed by atoms with E-state index in [1.165, 1.54) is 0 Å². The second-order valence-corrected chi connectivity index (χ2v) is 4.40. The molecule has 1 amide bonds. The van der Waals surface area contributed by atoms with Crippen molar-refractivity contribution in [2.45, 2.75) is 45.1 Å². The molecule has 0 aliphatic carbocycles. The molecular formula is C11H22N2O2. The summed E-state index contributed by atoms with van der Waals surface area (Å²) in [7, 11) is 0. The highest BCUT2D eigenvalue weighted by atomic mass is 16.4. The summed E-state index contributed by atoms with van der Waals surface area (Å²) in [5, 5.41) is 9.06. The van der Waals surface area contributed by atoms with E-state index in [1.54, 1.807) is 4.90 Å². The van der Waals surface area contributed by atoms with Gasteiger partial charge in [0.05, 0.1) is 0 Å². The minimum absolute atomic E-state index is 0.199. The molecule has 0 radical (unpaired) electrons. The molecule has 0 spiro atoms. The van der Waals surface area contributed by atoms with Gasteiger partial charge in [-0.25, -0.2) is 4.79 Å². The Morgan fingerprint density at radius 1 is 1.60 bits per heavy atom. The minimum atomic E-state index is -0.772. The zero-order chi connectivity index (χ0) is 11.3. The molecule has 1 saturated heterocycles. The van der Waals surface area contributed by atoms with Crippen molar-refractivity contribution >= 4 is 6.09 Å². The van der Waals surface area contributed by atoms with Crippen LogP contribution in [0.5, 0.6) is 0 Å². The van der Waals surface area contributed by atoms with E-state index in [1.807, 2.05) is 0 Å². The molecule has 2 atom stereocenters. The van der Waals surface area contributed by atoms with E-state index in [9.17, 15) is 4.79 Å². The second kappa shape index (κ2) is 5.95. The molecule has 0 aromatic carbocycles. The summed E-state index contributed by atoms with van der Waals surface area (Å²) >= 11 is 0. The number of hydrogen-bond donors (Lipinski definition) is 2. The normalized spacial score (nSPS) is 26.7. The van der Waals surface area contributed by atoms with Gasteiger partial charge in [-0.1, -0.05) is 19.8 Å². The molecule has 1 aliphatic rings. The first-order chi connectivity index (χ1) is 7.19. The van der Waals surface area contributed by atoms with E-state index < -0.39 is 6.09 Å². The first-order valence-electron chi connectivity index (χ1n) is 5.88. The summed E-state index contributed by atoms with van der Waals surface area (Å²) in [6.45, 7) is 3.48. The topological polar surface area (TPSA) is 66.6 Å². The Balaban J connectivity index is 2.52. The lowest BCUT2D eigenvalue weighted by Crippen LogP contribution is -2.46. The summed E-state index contributed by atoms with van der Waals surface area (Å²) in [4.78, 5) is 12.6. The number of carbonyl (C=O) groups is 1. The molecule has 0 saturated carbocycles. The average Bonchev–Trinajstić information content (AvgIpc) is 2.25. The predicted octanol–water partition coefficient (Wildman–Crippen LogP) is 1.89. The van der Waals surface area contributed by atoms with Gasteiger partial charge in [-0.05, 0) is 31.7 Å². The Kier molecular flexibility index (Phi) is 4.88. The third-order valence-electron chi connectivity index (χ3n) is 3.29. The van der Waals surface area contributed by atoms with Crippen LogP contribution in [0.25, 0.3) is 0 Å². The zero-order valence-corrected chi connectivity index (χ0v) is 9.48. The maximum Gasteiger partial charge on any atom is 0.407 e. The van der Waals surface area contributed by atoms with E-state index in [2.05, 4.69) is 6.92 Å². The van der Waals surface area contributed by atoms with Crippen molar-refractivity contribution in [2.75, 3.05) is 13.1 Å². The number of rotatable bonds is 4. The molecule has 1 rings (SSSR count). The van der Waals surface area contributed by atoms with Crippen LogP contribution in [0.2, 0.25) is 0 Å².